The number of hydrogen-bond acceptors (Lipinski definition) is 11. The van der Waals surface area contributed by atoms with Crippen molar-refractivity contribution in [2.24, 2.45) is 0 Å². The van der Waals surface area contributed by atoms with Gasteiger partial charge in [-0.2, -0.15) is 0 Å². The molecule has 11 heteroatoms. The maximum Gasteiger partial charge on any atom is 0.308 e. The Balaban J connectivity index is 2.42. The Hall–Kier alpha value is -4.54. The molecule has 0 atom stereocenters. The smallest absolute Gasteiger partial charge is 0.308 e. The Morgan fingerprint density at radius 3 is 1.92 bits per heavy atom. The molecule has 11 nitrogen and oxygen atoms in total. The fourth-order valence-electron chi connectivity index (χ4n) is 3.53. The number of carbonyl (C=O) groups is 3. The molecule has 1 heterocycles. The summed E-state index contributed by atoms with van der Waals surface area (Å²) >= 11 is 0. The summed E-state index contributed by atoms with van der Waals surface area (Å²) in [5.74, 6) is -2.25. The topological polar surface area (TPSA) is 137 Å². The quantitative estimate of drug-likeness (QED) is 0.302. The van der Waals surface area contributed by atoms with Gasteiger partial charge in [-0.1, -0.05) is 0 Å². The molecule has 0 fully saturated rings. The van der Waals surface area contributed by atoms with Crippen molar-refractivity contribution in [2.45, 2.75) is 34.6 Å². The second kappa shape index (κ2) is 11.5. The fraction of sp³-hybridized carbons (Fsp3) is 0.308. The van der Waals surface area contributed by atoms with Crippen molar-refractivity contribution >= 4 is 28.9 Å². The zero-order valence-corrected chi connectivity index (χ0v) is 21.2. The first-order valence-electron chi connectivity index (χ1n) is 11.3. The second-order valence-corrected chi connectivity index (χ2v) is 7.51. The number of methoxy groups -OCH3 is 1. The van der Waals surface area contributed by atoms with E-state index in [0.29, 0.717) is 5.56 Å². The van der Waals surface area contributed by atoms with Crippen LogP contribution < -0.4 is 33.8 Å². The number of benzene rings is 2. The lowest BCUT2D eigenvalue weighted by atomic mass is 10.1. The van der Waals surface area contributed by atoms with Crippen LogP contribution in [0.1, 0.15) is 34.6 Å². The van der Waals surface area contributed by atoms with Crippen LogP contribution in [-0.4, -0.2) is 38.2 Å². The summed E-state index contributed by atoms with van der Waals surface area (Å²) in [6, 6.07) is 5.81. The van der Waals surface area contributed by atoms with E-state index in [1.807, 2.05) is 0 Å². The minimum Gasteiger partial charge on any atom is -0.493 e. The number of esters is 3. The van der Waals surface area contributed by atoms with E-state index in [1.54, 1.807) is 19.9 Å². The lowest BCUT2D eigenvalue weighted by molar-refractivity contribution is -0.133. The molecule has 0 aliphatic carbocycles. The Bertz CT molecular complexity index is 1420. The van der Waals surface area contributed by atoms with Gasteiger partial charge in [0.1, 0.15) is 11.0 Å². The SMILES string of the molecule is CCOc1c(OC(C)=O)cc2oc(-c3ccc(OC(C)=O)c(OC)c3)c(OCC)c(=O)c2c1OC(C)=O. The molecule has 1 aromatic heterocycles. The molecule has 0 saturated heterocycles. The molecule has 196 valence electrons. The Morgan fingerprint density at radius 2 is 1.35 bits per heavy atom. The highest BCUT2D eigenvalue weighted by molar-refractivity contribution is 5.94. The van der Waals surface area contributed by atoms with Crippen LogP contribution in [0.5, 0.6) is 34.5 Å². The first-order valence-corrected chi connectivity index (χ1v) is 11.3. The maximum absolute atomic E-state index is 13.7. The van der Waals surface area contributed by atoms with Gasteiger partial charge >= 0.3 is 17.9 Å². The number of fused-ring (bicyclic) bond motifs is 1. The monoisotopic (exact) mass is 514 g/mol. The molecule has 0 bridgehead atoms. The molecule has 3 aromatic rings. The lowest BCUT2D eigenvalue weighted by Gasteiger charge is -2.17. The van der Waals surface area contributed by atoms with Crippen molar-refractivity contribution in [3.8, 4) is 45.8 Å². The van der Waals surface area contributed by atoms with Gasteiger partial charge in [-0.25, -0.2) is 0 Å². The van der Waals surface area contributed by atoms with E-state index in [0.717, 1.165) is 6.92 Å². The molecular formula is C26H26O11. The second-order valence-electron chi connectivity index (χ2n) is 7.51. The van der Waals surface area contributed by atoms with E-state index in [1.165, 1.54) is 39.2 Å². The lowest BCUT2D eigenvalue weighted by Crippen LogP contribution is -2.14. The molecule has 2 aromatic carbocycles. The van der Waals surface area contributed by atoms with Crippen LogP contribution >= 0.6 is 0 Å². The van der Waals surface area contributed by atoms with Gasteiger partial charge in [-0.05, 0) is 32.0 Å². The molecule has 0 amide bonds. The van der Waals surface area contributed by atoms with E-state index in [9.17, 15) is 19.2 Å². The summed E-state index contributed by atoms with van der Waals surface area (Å²) in [6.45, 7) is 7.16. The fourth-order valence-corrected chi connectivity index (χ4v) is 3.53. The Kier molecular flexibility index (Phi) is 8.38. The van der Waals surface area contributed by atoms with Crippen LogP contribution in [0, 0.1) is 0 Å². The van der Waals surface area contributed by atoms with Gasteiger partial charge in [0.15, 0.2) is 28.8 Å². The predicted molar refractivity (Wildman–Crippen MR) is 131 cm³/mol. The van der Waals surface area contributed by atoms with Crippen molar-refractivity contribution in [1.82, 2.24) is 0 Å². The van der Waals surface area contributed by atoms with Crippen molar-refractivity contribution in [1.29, 1.82) is 0 Å². The minimum atomic E-state index is -0.741. The maximum atomic E-state index is 13.7. The molecule has 0 radical (unpaired) electrons. The van der Waals surface area contributed by atoms with Crippen molar-refractivity contribution in [3.05, 3.63) is 34.5 Å². The highest BCUT2D eigenvalue weighted by Gasteiger charge is 2.28. The van der Waals surface area contributed by atoms with E-state index in [-0.39, 0.29) is 64.4 Å². The van der Waals surface area contributed by atoms with Crippen LogP contribution in [0.4, 0.5) is 0 Å². The van der Waals surface area contributed by atoms with Crippen LogP contribution in [0.25, 0.3) is 22.3 Å². The molecule has 0 saturated carbocycles. The van der Waals surface area contributed by atoms with Gasteiger partial charge in [0.2, 0.25) is 16.9 Å². The average Bonchev–Trinajstić information content (AvgIpc) is 2.82. The molecule has 0 aliphatic heterocycles. The molecule has 0 aliphatic rings. The van der Waals surface area contributed by atoms with Crippen molar-refractivity contribution < 1.29 is 47.2 Å². The van der Waals surface area contributed by atoms with Crippen molar-refractivity contribution in [2.75, 3.05) is 20.3 Å². The largest absolute Gasteiger partial charge is 0.493 e. The highest BCUT2D eigenvalue weighted by Crippen LogP contribution is 2.45. The van der Waals surface area contributed by atoms with Gasteiger partial charge in [0.05, 0.1) is 20.3 Å². The van der Waals surface area contributed by atoms with Gasteiger partial charge in [0, 0.05) is 32.4 Å². The highest BCUT2D eigenvalue weighted by atomic mass is 16.6. The Morgan fingerprint density at radius 1 is 0.757 bits per heavy atom. The van der Waals surface area contributed by atoms with Gasteiger partial charge < -0.3 is 32.8 Å². The first kappa shape index (κ1) is 27.1. The molecule has 0 spiro atoms. The van der Waals surface area contributed by atoms with Crippen molar-refractivity contribution in [3.63, 3.8) is 0 Å². The zero-order valence-electron chi connectivity index (χ0n) is 21.2. The summed E-state index contributed by atoms with van der Waals surface area (Å²) < 4.78 is 38.4. The third kappa shape index (κ3) is 5.83. The van der Waals surface area contributed by atoms with Gasteiger partial charge in [-0.15, -0.1) is 0 Å². The number of ether oxygens (including phenoxy) is 6. The number of hydrogen-bond donors (Lipinski definition) is 0. The number of rotatable bonds is 9. The predicted octanol–water partition coefficient (Wildman–Crippen LogP) is 4.04. The van der Waals surface area contributed by atoms with E-state index in [4.69, 9.17) is 32.8 Å². The standard InChI is InChI=1S/C26H26O11/c1-7-32-24-20(35-14(4)28)12-19-21(25(24)36-15(5)29)22(30)26(33-8-2)23(37-19)16-9-10-17(34-13(3)27)18(11-16)31-6/h9-12H,7-8H2,1-6H3. The van der Waals surface area contributed by atoms with Crippen LogP contribution in [-0.2, 0) is 14.4 Å². The first-order chi connectivity index (χ1) is 17.6. The summed E-state index contributed by atoms with van der Waals surface area (Å²) in [6.07, 6.45) is 0. The molecule has 3 rings (SSSR count). The van der Waals surface area contributed by atoms with E-state index < -0.39 is 23.3 Å². The van der Waals surface area contributed by atoms with Gasteiger partial charge in [0.25, 0.3) is 0 Å². The summed E-state index contributed by atoms with van der Waals surface area (Å²) in [7, 11) is 1.39. The van der Waals surface area contributed by atoms with Crippen LogP contribution in [0.2, 0.25) is 0 Å². The van der Waals surface area contributed by atoms with E-state index in [2.05, 4.69) is 0 Å². The molecule has 0 N–H and O–H groups in total. The Labute approximate surface area is 211 Å². The zero-order chi connectivity index (χ0) is 27.3. The average molecular weight is 514 g/mol. The van der Waals surface area contributed by atoms with E-state index >= 15 is 0 Å². The van der Waals surface area contributed by atoms with Gasteiger partial charge in [-0.3, -0.25) is 19.2 Å². The third-order valence-corrected chi connectivity index (χ3v) is 4.77. The summed E-state index contributed by atoms with van der Waals surface area (Å²) in [4.78, 5) is 48.9. The minimum absolute atomic E-state index is 0.0127. The number of carbonyl (C=O) groups excluding carboxylic acids is 3. The van der Waals surface area contributed by atoms with Crippen LogP contribution in [0.3, 0.4) is 0 Å². The molecule has 37 heavy (non-hydrogen) atoms. The normalized spacial score (nSPS) is 10.5. The molecular weight excluding hydrogens is 488 g/mol. The molecule has 0 unspecified atom stereocenters. The van der Waals surface area contributed by atoms with Crippen LogP contribution in [0.15, 0.2) is 33.5 Å². The summed E-state index contributed by atoms with van der Waals surface area (Å²) in [5, 5.41) is -0.148. The summed E-state index contributed by atoms with van der Waals surface area (Å²) in [5.41, 5.74) is -0.373. The third-order valence-electron chi connectivity index (χ3n) is 4.77.